The molecule has 0 heterocycles. The van der Waals surface area contributed by atoms with Gasteiger partial charge in [0.15, 0.2) is 0 Å². The molecule has 60 valence electrons. The zero-order valence-corrected chi connectivity index (χ0v) is 8.41. The molecular weight excluding hydrogens is 188 g/mol. The number of allylic oxidation sites excluding steroid dienone is 1. The summed E-state index contributed by atoms with van der Waals surface area (Å²) in [5.74, 6) is 0. The van der Waals surface area contributed by atoms with E-state index in [-0.39, 0.29) is 0 Å². The third-order valence-electron chi connectivity index (χ3n) is 1.57. The molecule has 0 atom stereocenters. The van der Waals surface area contributed by atoms with Gasteiger partial charge in [0.05, 0.1) is 0 Å². The van der Waals surface area contributed by atoms with Crippen LogP contribution in [0.25, 0.3) is 0 Å². The summed E-state index contributed by atoms with van der Waals surface area (Å²) in [6, 6.07) is 0. The SMILES string of the molecule is C=C(CBr)CCCCCC. The van der Waals surface area contributed by atoms with Crippen LogP contribution in [0, 0.1) is 0 Å². The fourth-order valence-corrected chi connectivity index (χ4v) is 1.15. The van der Waals surface area contributed by atoms with Gasteiger partial charge in [0, 0.05) is 5.33 Å². The van der Waals surface area contributed by atoms with Gasteiger partial charge >= 0.3 is 0 Å². The molecule has 1 heteroatoms. The minimum absolute atomic E-state index is 0.971. The van der Waals surface area contributed by atoms with Crippen molar-refractivity contribution in [2.75, 3.05) is 5.33 Å². The van der Waals surface area contributed by atoms with Gasteiger partial charge < -0.3 is 0 Å². The standard InChI is InChI=1S/C9H17Br/c1-3-4-5-6-7-9(2)8-10/h2-8H2,1H3. The molecule has 0 saturated heterocycles. The first-order chi connectivity index (χ1) is 4.81. The van der Waals surface area contributed by atoms with Crippen molar-refractivity contribution in [2.24, 2.45) is 0 Å². The molecule has 0 radical (unpaired) electrons. The molecule has 0 bridgehead atoms. The first kappa shape index (κ1) is 10.2. The Balaban J connectivity index is 2.96. The number of halogens is 1. The van der Waals surface area contributed by atoms with Crippen LogP contribution < -0.4 is 0 Å². The quantitative estimate of drug-likeness (QED) is 0.350. The summed E-state index contributed by atoms with van der Waals surface area (Å²) in [6.45, 7) is 6.16. The summed E-state index contributed by atoms with van der Waals surface area (Å²) >= 11 is 3.38. The van der Waals surface area contributed by atoms with Crippen LogP contribution in [0.4, 0.5) is 0 Å². The van der Waals surface area contributed by atoms with Gasteiger partial charge in [-0.05, 0) is 12.8 Å². The lowest BCUT2D eigenvalue weighted by atomic mass is 10.1. The van der Waals surface area contributed by atoms with Crippen molar-refractivity contribution in [1.29, 1.82) is 0 Å². The van der Waals surface area contributed by atoms with E-state index in [2.05, 4.69) is 29.4 Å². The molecule has 0 N–H and O–H groups in total. The van der Waals surface area contributed by atoms with E-state index in [1.165, 1.54) is 37.7 Å². The molecule has 10 heavy (non-hydrogen) atoms. The lowest BCUT2D eigenvalue weighted by Crippen LogP contribution is -1.82. The number of unbranched alkanes of at least 4 members (excludes halogenated alkanes) is 3. The van der Waals surface area contributed by atoms with E-state index in [9.17, 15) is 0 Å². The molecule has 0 aliphatic rings. The van der Waals surface area contributed by atoms with Crippen LogP contribution in [0.2, 0.25) is 0 Å². The van der Waals surface area contributed by atoms with Gasteiger partial charge in [0.25, 0.3) is 0 Å². The molecule has 0 unspecified atom stereocenters. The Morgan fingerprint density at radius 3 is 2.50 bits per heavy atom. The van der Waals surface area contributed by atoms with Crippen LogP contribution in [-0.2, 0) is 0 Å². The summed E-state index contributed by atoms with van der Waals surface area (Å²) in [6.07, 6.45) is 6.57. The molecule has 0 aromatic heterocycles. The number of hydrogen-bond donors (Lipinski definition) is 0. The summed E-state index contributed by atoms with van der Waals surface area (Å²) in [5, 5.41) is 0.971. The topological polar surface area (TPSA) is 0 Å². The van der Waals surface area contributed by atoms with Gasteiger partial charge in [0.1, 0.15) is 0 Å². The van der Waals surface area contributed by atoms with Gasteiger partial charge in [0.2, 0.25) is 0 Å². The normalized spacial score (nSPS) is 9.80. The predicted molar refractivity (Wildman–Crippen MR) is 51.7 cm³/mol. The highest BCUT2D eigenvalue weighted by Gasteiger charge is 1.91. The van der Waals surface area contributed by atoms with Gasteiger partial charge in [-0.3, -0.25) is 0 Å². The largest absolute Gasteiger partial charge is 0.0990 e. The molecule has 0 rings (SSSR count). The molecule has 0 aliphatic carbocycles. The van der Waals surface area contributed by atoms with Crippen molar-refractivity contribution in [3.05, 3.63) is 12.2 Å². The van der Waals surface area contributed by atoms with E-state index in [0.29, 0.717) is 0 Å². The fraction of sp³-hybridized carbons (Fsp3) is 0.778. The lowest BCUT2D eigenvalue weighted by Gasteiger charge is -1.99. The van der Waals surface area contributed by atoms with E-state index >= 15 is 0 Å². The fourth-order valence-electron chi connectivity index (χ4n) is 0.869. The highest BCUT2D eigenvalue weighted by atomic mass is 79.9. The molecular formula is C9H17Br. The van der Waals surface area contributed by atoms with Gasteiger partial charge in [-0.2, -0.15) is 0 Å². The Kier molecular flexibility index (Phi) is 7.49. The molecule has 0 aliphatic heterocycles. The summed E-state index contributed by atoms with van der Waals surface area (Å²) in [5.41, 5.74) is 1.33. The minimum Gasteiger partial charge on any atom is -0.0990 e. The highest BCUT2D eigenvalue weighted by Crippen LogP contribution is 2.09. The zero-order valence-electron chi connectivity index (χ0n) is 6.83. The molecule has 0 saturated carbocycles. The average Bonchev–Trinajstić information content (AvgIpc) is 1.98. The van der Waals surface area contributed by atoms with E-state index < -0.39 is 0 Å². The van der Waals surface area contributed by atoms with Crippen molar-refractivity contribution in [3.8, 4) is 0 Å². The zero-order chi connectivity index (χ0) is 7.82. The number of alkyl halides is 1. The Labute approximate surface area is 72.8 Å². The van der Waals surface area contributed by atoms with E-state index in [0.717, 1.165) is 5.33 Å². The van der Waals surface area contributed by atoms with Crippen molar-refractivity contribution in [3.63, 3.8) is 0 Å². The van der Waals surface area contributed by atoms with Crippen LogP contribution in [0.3, 0.4) is 0 Å². The number of hydrogen-bond acceptors (Lipinski definition) is 0. The number of rotatable bonds is 6. The van der Waals surface area contributed by atoms with Crippen LogP contribution in [-0.4, -0.2) is 5.33 Å². The highest BCUT2D eigenvalue weighted by molar-refractivity contribution is 9.09. The van der Waals surface area contributed by atoms with Gasteiger partial charge in [-0.15, -0.1) is 0 Å². The van der Waals surface area contributed by atoms with Crippen LogP contribution in [0.5, 0.6) is 0 Å². The van der Waals surface area contributed by atoms with Crippen molar-refractivity contribution >= 4 is 15.9 Å². The molecule has 0 aromatic carbocycles. The predicted octanol–water partition coefficient (Wildman–Crippen LogP) is 3.91. The maximum Gasteiger partial charge on any atom is 0.0239 e. The second-order valence-corrected chi connectivity index (χ2v) is 3.26. The maximum atomic E-state index is 3.92. The van der Waals surface area contributed by atoms with Crippen molar-refractivity contribution < 1.29 is 0 Å². The van der Waals surface area contributed by atoms with Crippen LogP contribution >= 0.6 is 15.9 Å². The monoisotopic (exact) mass is 204 g/mol. The van der Waals surface area contributed by atoms with E-state index in [1.54, 1.807) is 0 Å². The summed E-state index contributed by atoms with van der Waals surface area (Å²) in [7, 11) is 0. The minimum atomic E-state index is 0.971. The Hall–Kier alpha value is 0.220. The summed E-state index contributed by atoms with van der Waals surface area (Å²) < 4.78 is 0. The second kappa shape index (κ2) is 7.33. The first-order valence-electron chi connectivity index (χ1n) is 4.04. The van der Waals surface area contributed by atoms with E-state index in [1.807, 2.05) is 0 Å². The van der Waals surface area contributed by atoms with Crippen molar-refractivity contribution in [2.45, 2.75) is 39.0 Å². The molecule has 0 fully saturated rings. The summed E-state index contributed by atoms with van der Waals surface area (Å²) in [4.78, 5) is 0. The van der Waals surface area contributed by atoms with Crippen molar-refractivity contribution in [1.82, 2.24) is 0 Å². The third kappa shape index (κ3) is 6.34. The molecule has 0 nitrogen and oxygen atoms in total. The average molecular weight is 205 g/mol. The lowest BCUT2D eigenvalue weighted by molar-refractivity contribution is 0.666. The van der Waals surface area contributed by atoms with E-state index in [4.69, 9.17) is 0 Å². The Morgan fingerprint density at radius 2 is 2.00 bits per heavy atom. The second-order valence-electron chi connectivity index (χ2n) is 2.69. The van der Waals surface area contributed by atoms with Crippen LogP contribution in [0.15, 0.2) is 12.2 Å². The first-order valence-corrected chi connectivity index (χ1v) is 5.16. The molecule has 0 spiro atoms. The Morgan fingerprint density at radius 1 is 1.30 bits per heavy atom. The smallest absolute Gasteiger partial charge is 0.0239 e. The Bertz CT molecular complexity index is 86.7. The third-order valence-corrected chi connectivity index (χ3v) is 2.37. The van der Waals surface area contributed by atoms with Gasteiger partial charge in [-0.25, -0.2) is 0 Å². The van der Waals surface area contributed by atoms with Crippen LogP contribution in [0.1, 0.15) is 39.0 Å². The molecule has 0 amide bonds. The maximum absolute atomic E-state index is 3.92. The van der Waals surface area contributed by atoms with Gasteiger partial charge in [-0.1, -0.05) is 54.3 Å². The molecule has 0 aromatic rings.